The number of fused-ring (bicyclic) bond motifs is 1. The molecule has 0 radical (unpaired) electrons. The molecule has 0 fully saturated rings. The molecule has 5 nitrogen and oxygen atoms in total. The first-order valence-corrected chi connectivity index (χ1v) is 8.73. The summed E-state index contributed by atoms with van der Waals surface area (Å²) in [7, 11) is 0. The van der Waals surface area contributed by atoms with Gasteiger partial charge in [0, 0.05) is 17.0 Å². The van der Waals surface area contributed by atoms with Crippen molar-refractivity contribution in [3.05, 3.63) is 74.6 Å². The number of aryl methyl sites for hydroxylation is 4. The molecule has 0 N–H and O–H groups in total. The highest BCUT2D eigenvalue weighted by Gasteiger charge is 2.11. The van der Waals surface area contributed by atoms with Gasteiger partial charge < -0.3 is 13.9 Å². The second-order valence-electron chi connectivity index (χ2n) is 6.72. The van der Waals surface area contributed by atoms with Gasteiger partial charge in [0.2, 0.25) is 0 Å². The number of benzene rings is 2. The van der Waals surface area contributed by atoms with Crippen LogP contribution in [-0.4, -0.2) is 12.6 Å². The van der Waals surface area contributed by atoms with E-state index in [-0.39, 0.29) is 13.2 Å². The van der Waals surface area contributed by atoms with Gasteiger partial charge in [-0.2, -0.15) is 0 Å². The topological polar surface area (TPSA) is 65.7 Å². The molecule has 0 spiro atoms. The Morgan fingerprint density at radius 3 is 2.37 bits per heavy atom. The highest BCUT2D eigenvalue weighted by molar-refractivity contribution is 5.82. The van der Waals surface area contributed by atoms with Crippen molar-refractivity contribution in [2.24, 2.45) is 0 Å². The molecule has 0 atom stereocenters. The molecule has 0 unspecified atom stereocenters. The minimum atomic E-state index is -0.501. The molecule has 1 heterocycles. The third-order valence-electron chi connectivity index (χ3n) is 4.67. The van der Waals surface area contributed by atoms with Crippen LogP contribution >= 0.6 is 0 Å². The Balaban J connectivity index is 1.69. The van der Waals surface area contributed by atoms with Crippen LogP contribution in [0.1, 0.15) is 27.8 Å². The molecule has 0 aliphatic rings. The number of hydrogen-bond donors (Lipinski definition) is 0. The van der Waals surface area contributed by atoms with Crippen molar-refractivity contribution < 1.29 is 18.7 Å². The summed E-state index contributed by atoms with van der Waals surface area (Å²) in [6, 6.07) is 10.7. The van der Waals surface area contributed by atoms with Gasteiger partial charge in [-0.25, -0.2) is 9.59 Å². The van der Waals surface area contributed by atoms with Crippen molar-refractivity contribution in [2.75, 3.05) is 6.61 Å². The second kappa shape index (κ2) is 7.66. The predicted molar refractivity (Wildman–Crippen MR) is 103 cm³/mol. The third kappa shape index (κ3) is 4.37. The average molecular weight is 366 g/mol. The Morgan fingerprint density at radius 2 is 1.63 bits per heavy atom. The van der Waals surface area contributed by atoms with E-state index in [9.17, 15) is 9.59 Å². The van der Waals surface area contributed by atoms with Crippen LogP contribution in [0.5, 0.6) is 5.75 Å². The zero-order valence-corrected chi connectivity index (χ0v) is 15.9. The maximum absolute atomic E-state index is 12.0. The van der Waals surface area contributed by atoms with E-state index in [2.05, 4.69) is 0 Å². The molecule has 140 valence electrons. The molecule has 3 aromatic rings. The van der Waals surface area contributed by atoms with Crippen LogP contribution in [0, 0.1) is 27.7 Å². The standard InChI is InChI=1S/C22H22O5/c1-13-5-6-18(7-14(13)2)25-12-22(24)26-11-17-10-21(23)27-20-9-16(4)15(3)8-19(17)20/h5-10H,11-12H2,1-4H3. The van der Waals surface area contributed by atoms with E-state index in [0.717, 1.165) is 27.6 Å². The predicted octanol–water partition coefficient (Wildman–Crippen LogP) is 4.15. The lowest BCUT2D eigenvalue weighted by Crippen LogP contribution is -2.15. The molecular weight excluding hydrogens is 344 g/mol. The Morgan fingerprint density at radius 1 is 0.926 bits per heavy atom. The van der Waals surface area contributed by atoms with Gasteiger partial charge in [-0.1, -0.05) is 6.07 Å². The van der Waals surface area contributed by atoms with Crippen molar-refractivity contribution >= 4 is 16.9 Å². The third-order valence-corrected chi connectivity index (χ3v) is 4.67. The zero-order chi connectivity index (χ0) is 19.6. The first-order chi connectivity index (χ1) is 12.8. The largest absolute Gasteiger partial charge is 0.482 e. The fourth-order valence-corrected chi connectivity index (χ4v) is 2.75. The van der Waals surface area contributed by atoms with Gasteiger partial charge in [0.15, 0.2) is 6.61 Å². The first kappa shape index (κ1) is 18.7. The summed E-state index contributed by atoms with van der Waals surface area (Å²) in [6.07, 6.45) is 0. The van der Waals surface area contributed by atoms with Crippen molar-refractivity contribution in [3.63, 3.8) is 0 Å². The van der Waals surface area contributed by atoms with Gasteiger partial charge in [-0.05, 0) is 74.2 Å². The quantitative estimate of drug-likeness (QED) is 0.501. The number of ether oxygens (including phenoxy) is 2. The summed E-state index contributed by atoms with van der Waals surface area (Å²) in [5, 5.41) is 0.764. The lowest BCUT2D eigenvalue weighted by atomic mass is 10.0. The van der Waals surface area contributed by atoms with Crippen LogP contribution in [0.15, 0.2) is 45.6 Å². The number of hydrogen-bond acceptors (Lipinski definition) is 5. The first-order valence-electron chi connectivity index (χ1n) is 8.73. The highest BCUT2D eigenvalue weighted by atomic mass is 16.6. The maximum Gasteiger partial charge on any atom is 0.344 e. The van der Waals surface area contributed by atoms with Crippen molar-refractivity contribution in [1.29, 1.82) is 0 Å². The Labute approximate surface area is 157 Å². The molecule has 0 amide bonds. The molecule has 0 saturated carbocycles. The lowest BCUT2D eigenvalue weighted by molar-refractivity contribution is -0.147. The van der Waals surface area contributed by atoms with Crippen molar-refractivity contribution in [3.8, 4) is 5.75 Å². The molecule has 27 heavy (non-hydrogen) atoms. The summed E-state index contributed by atoms with van der Waals surface area (Å²) in [5.74, 6) is 0.116. The molecule has 3 rings (SSSR count). The zero-order valence-electron chi connectivity index (χ0n) is 15.9. The molecule has 0 saturated heterocycles. The van der Waals surface area contributed by atoms with Crippen molar-refractivity contribution in [1.82, 2.24) is 0 Å². The van der Waals surface area contributed by atoms with Crippen LogP contribution in [0.3, 0.4) is 0 Å². The Bertz CT molecular complexity index is 1060. The van der Waals surface area contributed by atoms with Gasteiger partial charge in [0.1, 0.15) is 17.9 Å². The van der Waals surface area contributed by atoms with Crippen LogP contribution in [-0.2, 0) is 16.1 Å². The summed E-state index contributed by atoms with van der Waals surface area (Å²) in [5.41, 5.74) is 4.98. The van der Waals surface area contributed by atoms with Crippen molar-refractivity contribution in [2.45, 2.75) is 34.3 Å². The normalized spacial score (nSPS) is 10.8. The molecule has 1 aromatic heterocycles. The summed E-state index contributed by atoms with van der Waals surface area (Å²) in [4.78, 5) is 23.8. The van der Waals surface area contributed by atoms with Gasteiger partial charge in [-0.3, -0.25) is 0 Å². The van der Waals surface area contributed by atoms with Crippen LogP contribution in [0.25, 0.3) is 11.0 Å². The second-order valence-corrected chi connectivity index (χ2v) is 6.72. The van der Waals surface area contributed by atoms with E-state index in [0.29, 0.717) is 16.9 Å². The molecule has 5 heteroatoms. The van der Waals surface area contributed by atoms with Crippen LogP contribution in [0.4, 0.5) is 0 Å². The number of rotatable bonds is 5. The highest BCUT2D eigenvalue weighted by Crippen LogP contribution is 2.22. The van der Waals surface area contributed by atoms with Crippen LogP contribution in [0.2, 0.25) is 0 Å². The molecule has 0 bridgehead atoms. The Kier molecular flexibility index (Phi) is 5.31. The van der Waals surface area contributed by atoms with E-state index in [1.165, 1.54) is 6.07 Å². The molecule has 0 aliphatic heterocycles. The monoisotopic (exact) mass is 366 g/mol. The van der Waals surface area contributed by atoms with Gasteiger partial charge >= 0.3 is 11.6 Å². The summed E-state index contributed by atoms with van der Waals surface area (Å²) >= 11 is 0. The number of carbonyl (C=O) groups excluding carboxylic acids is 1. The molecular formula is C22H22O5. The van der Waals surface area contributed by atoms with E-state index >= 15 is 0 Å². The number of esters is 1. The number of carbonyl (C=O) groups is 1. The van der Waals surface area contributed by atoms with E-state index < -0.39 is 11.6 Å². The SMILES string of the molecule is Cc1ccc(OCC(=O)OCc2cc(=O)oc3cc(C)c(C)cc23)cc1C. The lowest BCUT2D eigenvalue weighted by Gasteiger charge is -2.10. The molecule has 2 aromatic carbocycles. The van der Waals surface area contributed by atoms with Crippen LogP contribution < -0.4 is 10.4 Å². The minimum Gasteiger partial charge on any atom is -0.482 e. The van der Waals surface area contributed by atoms with Gasteiger partial charge in [0.25, 0.3) is 0 Å². The maximum atomic E-state index is 12.0. The summed E-state index contributed by atoms with van der Waals surface area (Å²) in [6.45, 7) is 7.71. The summed E-state index contributed by atoms with van der Waals surface area (Å²) < 4.78 is 16.0. The fraction of sp³-hybridized carbons (Fsp3) is 0.273. The minimum absolute atomic E-state index is 0.0142. The van der Waals surface area contributed by atoms with Gasteiger partial charge in [-0.15, -0.1) is 0 Å². The molecule has 0 aliphatic carbocycles. The Hall–Kier alpha value is -3.08. The van der Waals surface area contributed by atoms with E-state index in [1.54, 1.807) is 0 Å². The average Bonchev–Trinajstić information content (AvgIpc) is 2.62. The van der Waals surface area contributed by atoms with Gasteiger partial charge in [0.05, 0.1) is 0 Å². The fourth-order valence-electron chi connectivity index (χ4n) is 2.75. The van der Waals surface area contributed by atoms with E-state index in [4.69, 9.17) is 13.9 Å². The van der Waals surface area contributed by atoms with E-state index in [1.807, 2.05) is 58.0 Å². The smallest absolute Gasteiger partial charge is 0.344 e.